The molecule has 1 aliphatic carbocycles. The highest BCUT2D eigenvalue weighted by molar-refractivity contribution is 7.91. The number of sulfone groups is 1. The predicted molar refractivity (Wildman–Crippen MR) is 98.1 cm³/mol. The van der Waals surface area contributed by atoms with Crippen molar-refractivity contribution in [2.45, 2.75) is 50.6 Å². The summed E-state index contributed by atoms with van der Waals surface area (Å²) in [5.41, 5.74) is 0.545. The molecule has 142 valence electrons. The van der Waals surface area contributed by atoms with Gasteiger partial charge < -0.3 is 9.64 Å². The van der Waals surface area contributed by atoms with Crippen LogP contribution in [0.1, 0.15) is 48.9 Å². The minimum Gasteiger partial charge on any atom is -0.484 e. The van der Waals surface area contributed by atoms with Crippen molar-refractivity contribution in [3.8, 4) is 5.75 Å². The van der Waals surface area contributed by atoms with Crippen molar-refractivity contribution in [1.82, 2.24) is 4.90 Å². The van der Waals surface area contributed by atoms with Crippen LogP contribution in [-0.2, 0) is 14.6 Å². The third kappa shape index (κ3) is 4.63. The Morgan fingerprint density at radius 1 is 1.08 bits per heavy atom. The van der Waals surface area contributed by atoms with E-state index in [4.69, 9.17) is 4.74 Å². The molecule has 26 heavy (non-hydrogen) atoms. The van der Waals surface area contributed by atoms with Crippen LogP contribution in [0.15, 0.2) is 24.3 Å². The molecule has 0 radical (unpaired) electrons. The van der Waals surface area contributed by atoms with Crippen molar-refractivity contribution < 1.29 is 22.7 Å². The van der Waals surface area contributed by atoms with Crippen LogP contribution in [0.5, 0.6) is 5.75 Å². The number of carbonyl (C=O) groups is 2. The van der Waals surface area contributed by atoms with Crippen LogP contribution in [0.3, 0.4) is 0 Å². The van der Waals surface area contributed by atoms with Crippen molar-refractivity contribution in [2.24, 2.45) is 0 Å². The zero-order chi connectivity index (χ0) is 18.6. The maximum atomic E-state index is 12.9. The number of hydrogen-bond donors (Lipinski definition) is 0. The second kappa shape index (κ2) is 8.20. The molecule has 1 aromatic rings. The molecular weight excluding hydrogens is 354 g/mol. The summed E-state index contributed by atoms with van der Waals surface area (Å²) < 4.78 is 29.4. The topological polar surface area (TPSA) is 80.8 Å². The lowest BCUT2D eigenvalue weighted by Gasteiger charge is -2.38. The number of amides is 1. The summed E-state index contributed by atoms with van der Waals surface area (Å²) in [6, 6.07) is 6.45. The van der Waals surface area contributed by atoms with Crippen molar-refractivity contribution in [2.75, 3.05) is 18.1 Å². The van der Waals surface area contributed by atoms with Crippen molar-refractivity contribution >= 4 is 22.0 Å². The lowest BCUT2D eigenvalue weighted by Crippen LogP contribution is -2.50. The van der Waals surface area contributed by atoms with E-state index < -0.39 is 9.84 Å². The summed E-state index contributed by atoms with van der Waals surface area (Å²) in [6.07, 6.45) is 6.43. The number of benzene rings is 1. The highest BCUT2D eigenvalue weighted by atomic mass is 32.2. The van der Waals surface area contributed by atoms with E-state index in [-0.39, 0.29) is 36.1 Å². The quantitative estimate of drug-likeness (QED) is 0.708. The fraction of sp³-hybridized carbons (Fsp3) is 0.579. The van der Waals surface area contributed by atoms with Gasteiger partial charge in [0.1, 0.15) is 12.0 Å². The highest BCUT2D eigenvalue weighted by Crippen LogP contribution is 2.28. The summed E-state index contributed by atoms with van der Waals surface area (Å²) >= 11 is 0. The number of rotatable bonds is 6. The van der Waals surface area contributed by atoms with Gasteiger partial charge in [0, 0.05) is 17.6 Å². The van der Waals surface area contributed by atoms with Crippen molar-refractivity contribution in [1.29, 1.82) is 0 Å². The number of ether oxygens (including phenoxy) is 1. The van der Waals surface area contributed by atoms with E-state index >= 15 is 0 Å². The van der Waals surface area contributed by atoms with E-state index in [1.807, 2.05) is 0 Å². The number of carbonyl (C=O) groups excluding carboxylic acids is 2. The maximum absolute atomic E-state index is 12.9. The summed E-state index contributed by atoms with van der Waals surface area (Å²) in [7, 11) is -3.06. The Kier molecular flexibility index (Phi) is 5.96. The molecule has 7 heteroatoms. The van der Waals surface area contributed by atoms with Gasteiger partial charge in [0.05, 0.1) is 11.5 Å². The van der Waals surface area contributed by atoms with Gasteiger partial charge in [0.25, 0.3) is 5.91 Å². The largest absolute Gasteiger partial charge is 0.484 e. The summed E-state index contributed by atoms with van der Waals surface area (Å²) in [6.45, 7) is -0.118. The molecule has 3 rings (SSSR count). The van der Waals surface area contributed by atoms with Crippen LogP contribution >= 0.6 is 0 Å². The Hall–Kier alpha value is -1.89. The molecule has 1 unspecified atom stereocenters. The Labute approximate surface area is 154 Å². The molecule has 2 fully saturated rings. The third-order valence-electron chi connectivity index (χ3n) is 5.24. The van der Waals surface area contributed by atoms with Gasteiger partial charge in [0.2, 0.25) is 0 Å². The van der Waals surface area contributed by atoms with E-state index in [0.29, 0.717) is 17.7 Å². The molecule has 1 amide bonds. The summed E-state index contributed by atoms with van der Waals surface area (Å²) in [5, 5.41) is 0. The zero-order valence-corrected chi connectivity index (χ0v) is 15.6. The smallest absolute Gasteiger partial charge is 0.261 e. The maximum Gasteiger partial charge on any atom is 0.261 e. The fourth-order valence-electron chi connectivity index (χ4n) is 3.92. The third-order valence-corrected chi connectivity index (χ3v) is 6.99. The standard InChI is InChI=1S/C19H25NO5S/c21-12-15-6-8-18(9-7-15)25-13-19(22)20(16-4-2-1-3-5-16)17-10-11-26(23,24)14-17/h6-9,12,16-17H,1-5,10-11,13-14H2. The SMILES string of the molecule is O=Cc1ccc(OCC(=O)N(C2CCCCC2)C2CCS(=O)(=O)C2)cc1. The van der Waals surface area contributed by atoms with Gasteiger partial charge in [-0.1, -0.05) is 19.3 Å². The van der Waals surface area contributed by atoms with Gasteiger partial charge >= 0.3 is 0 Å². The van der Waals surface area contributed by atoms with Gasteiger partial charge in [-0.2, -0.15) is 0 Å². The molecule has 1 aromatic carbocycles. The van der Waals surface area contributed by atoms with Gasteiger partial charge in [0.15, 0.2) is 16.4 Å². The number of hydrogen-bond acceptors (Lipinski definition) is 5. The molecular formula is C19H25NO5S. The van der Waals surface area contributed by atoms with Gasteiger partial charge in [-0.05, 0) is 43.5 Å². The minimum absolute atomic E-state index is 0.0588. The Morgan fingerprint density at radius 3 is 2.35 bits per heavy atom. The molecule has 0 N–H and O–H groups in total. The predicted octanol–water partition coefficient (Wildman–Crippen LogP) is 2.23. The van der Waals surface area contributed by atoms with Gasteiger partial charge in [-0.3, -0.25) is 9.59 Å². The van der Waals surface area contributed by atoms with Gasteiger partial charge in [-0.15, -0.1) is 0 Å². The highest BCUT2D eigenvalue weighted by Gasteiger charge is 2.38. The van der Waals surface area contributed by atoms with E-state index in [0.717, 1.165) is 32.0 Å². The van der Waals surface area contributed by atoms with E-state index in [1.165, 1.54) is 6.42 Å². The molecule has 1 aliphatic heterocycles. The first-order chi connectivity index (χ1) is 12.5. The van der Waals surface area contributed by atoms with E-state index in [9.17, 15) is 18.0 Å². The second-order valence-corrected chi connectivity index (χ2v) is 9.35. The van der Waals surface area contributed by atoms with Crippen LogP contribution in [0.2, 0.25) is 0 Å². The van der Waals surface area contributed by atoms with Crippen molar-refractivity contribution in [3.63, 3.8) is 0 Å². The van der Waals surface area contributed by atoms with E-state index in [1.54, 1.807) is 29.2 Å². The fourth-order valence-corrected chi connectivity index (χ4v) is 5.63. The second-order valence-electron chi connectivity index (χ2n) is 7.13. The molecule has 0 bridgehead atoms. The molecule has 0 spiro atoms. The molecule has 1 heterocycles. The molecule has 1 atom stereocenters. The van der Waals surface area contributed by atoms with Crippen molar-refractivity contribution in [3.05, 3.63) is 29.8 Å². The Morgan fingerprint density at radius 2 is 1.77 bits per heavy atom. The van der Waals surface area contributed by atoms with Crippen LogP contribution in [-0.4, -0.2) is 55.7 Å². The molecule has 0 aromatic heterocycles. The van der Waals surface area contributed by atoms with Crippen LogP contribution in [0.25, 0.3) is 0 Å². The van der Waals surface area contributed by atoms with Crippen LogP contribution in [0, 0.1) is 0 Å². The average Bonchev–Trinajstić information content (AvgIpc) is 3.01. The van der Waals surface area contributed by atoms with Crippen LogP contribution < -0.4 is 4.74 Å². The average molecular weight is 379 g/mol. The molecule has 6 nitrogen and oxygen atoms in total. The lowest BCUT2D eigenvalue weighted by molar-refractivity contribution is -0.138. The van der Waals surface area contributed by atoms with Crippen LogP contribution in [0.4, 0.5) is 0 Å². The molecule has 2 aliphatic rings. The number of nitrogens with zero attached hydrogens (tertiary/aromatic N) is 1. The Bertz CT molecular complexity index is 738. The summed E-state index contributed by atoms with van der Waals surface area (Å²) in [5.74, 6) is 0.580. The monoisotopic (exact) mass is 379 g/mol. The normalized spacial score (nSPS) is 22.7. The zero-order valence-electron chi connectivity index (χ0n) is 14.8. The summed E-state index contributed by atoms with van der Waals surface area (Å²) in [4.78, 5) is 25.4. The number of aldehydes is 1. The first-order valence-electron chi connectivity index (χ1n) is 9.18. The first kappa shape index (κ1) is 18.9. The lowest BCUT2D eigenvalue weighted by atomic mass is 9.93. The van der Waals surface area contributed by atoms with Gasteiger partial charge in [-0.25, -0.2) is 8.42 Å². The molecule has 1 saturated heterocycles. The minimum atomic E-state index is -3.06. The molecule has 1 saturated carbocycles. The van der Waals surface area contributed by atoms with E-state index in [2.05, 4.69) is 0 Å². The first-order valence-corrected chi connectivity index (χ1v) is 11.0. The Balaban J connectivity index is 1.68.